The molecule has 0 bridgehead atoms. The number of hydrogen-bond acceptors (Lipinski definition) is 1. The van der Waals surface area contributed by atoms with Crippen LogP contribution in [0.3, 0.4) is 0 Å². The van der Waals surface area contributed by atoms with Gasteiger partial charge in [0.25, 0.3) is 0 Å². The number of rotatable bonds is 3. The number of para-hydroxylation sites is 1. The van der Waals surface area contributed by atoms with Gasteiger partial charge in [-0.25, -0.2) is 0 Å². The summed E-state index contributed by atoms with van der Waals surface area (Å²) in [4.78, 5) is 2.39. The molecule has 100 valence electrons. The molecule has 0 atom stereocenters. The smallest absolute Gasteiger partial charge is 0.0492 e. The normalized spacial score (nSPS) is 10.9. The Labute approximate surface area is 120 Å². The molecule has 3 rings (SSSR count). The van der Waals surface area contributed by atoms with Crippen molar-refractivity contribution in [1.29, 1.82) is 0 Å². The highest BCUT2D eigenvalue weighted by Crippen LogP contribution is 2.33. The van der Waals surface area contributed by atoms with Crippen molar-refractivity contribution >= 4 is 22.1 Å². The third-order valence-corrected chi connectivity index (χ3v) is 3.58. The van der Waals surface area contributed by atoms with Gasteiger partial charge < -0.3 is 4.90 Å². The Morgan fingerprint density at radius 1 is 0.700 bits per heavy atom. The van der Waals surface area contributed by atoms with Gasteiger partial charge in [-0.05, 0) is 37.4 Å². The van der Waals surface area contributed by atoms with Crippen LogP contribution in [0.5, 0.6) is 0 Å². The molecule has 0 fully saturated rings. The summed E-state index contributed by atoms with van der Waals surface area (Å²) in [5.74, 6) is 0. The van der Waals surface area contributed by atoms with Gasteiger partial charge in [-0.2, -0.15) is 0 Å². The van der Waals surface area contributed by atoms with Crippen molar-refractivity contribution in [3.05, 3.63) is 72.8 Å². The SMILES string of the molecule is CC(C)N(c1ccccc1)c1cccc2ccccc12. The fraction of sp³-hybridized carbons (Fsp3) is 0.158. The highest BCUT2D eigenvalue weighted by Gasteiger charge is 2.14. The Morgan fingerprint density at radius 2 is 1.35 bits per heavy atom. The first kappa shape index (κ1) is 12.7. The fourth-order valence-electron chi connectivity index (χ4n) is 2.72. The quantitative estimate of drug-likeness (QED) is 0.611. The van der Waals surface area contributed by atoms with Gasteiger partial charge in [-0.15, -0.1) is 0 Å². The topological polar surface area (TPSA) is 3.24 Å². The van der Waals surface area contributed by atoms with E-state index in [0.29, 0.717) is 6.04 Å². The van der Waals surface area contributed by atoms with Crippen LogP contribution in [0, 0.1) is 0 Å². The lowest BCUT2D eigenvalue weighted by atomic mass is 10.1. The summed E-state index contributed by atoms with van der Waals surface area (Å²) in [7, 11) is 0. The lowest BCUT2D eigenvalue weighted by Crippen LogP contribution is -2.25. The zero-order chi connectivity index (χ0) is 13.9. The lowest BCUT2D eigenvalue weighted by Gasteiger charge is -2.30. The van der Waals surface area contributed by atoms with Crippen molar-refractivity contribution in [3.8, 4) is 0 Å². The minimum absolute atomic E-state index is 0.406. The van der Waals surface area contributed by atoms with Crippen molar-refractivity contribution in [1.82, 2.24) is 0 Å². The maximum atomic E-state index is 2.39. The van der Waals surface area contributed by atoms with Gasteiger partial charge in [0.15, 0.2) is 0 Å². The van der Waals surface area contributed by atoms with Crippen LogP contribution in [0.4, 0.5) is 11.4 Å². The molecule has 0 unspecified atom stereocenters. The number of hydrogen-bond donors (Lipinski definition) is 0. The highest BCUT2D eigenvalue weighted by atomic mass is 15.2. The second-order valence-electron chi connectivity index (χ2n) is 5.30. The Balaban J connectivity index is 2.21. The Kier molecular flexibility index (Phi) is 3.42. The van der Waals surface area contributed by atoms with Crippen molar-refractivity contribution in [2.45, 2.75) is 19.9 Å². The van der Waals surface area contributed by atoms with E-state index >= 15 is 0 Å². The Hall–Kier alpha value is -2.28. The molecule has 0 saturated heterocycles. The summed E-state index contributed by atoms with van der Waals surface area (Å²) in [6, 6.07) is 26.1. The van der Waals surface area contributed by atoms with Crippen LogP contribution in [0.25, 0.3) is 10.8 Å². The van der Waals surface area contributed by atoms with Gasteiger partial charge >= 0.3 is 0 Å². The second-order valence-corrected chi connectivity index (χ2v) is 5.30. The standard InChI is InChI=1S/C19H19N/c1-15(2)20(17-11-4-3-5-12-17)19-14-8-10-16-9-6-7-13-18(16)19/h3-15H,1-2H3. The van der Waals surface area contributed by atoms with E-state index in [-0.39, 0.29) is 0 Å². The summed E-state index contributed by atoms with van der Waals surface area (Å²) in [6.07, 6.45) is 0. The zero-order valence-electron chi connectivity index (χ0n) is 12.0. The van der Waals surface area contributed by atoms with Crippen molar-refractivity contribution in [3.63, 3.8) is 0 Å². The monoisotopic (exact) mass is 261 g/mol. The van der Waals surface area contributed by atoms with E-state index in [1.165, 1.54) is 22.1 Å². The van der Waals surface area contributed by atoms with Crippen LogP contribution < -0.4 is 4.90 Å². The first-order valence-electron chi connectivity index (χ1n) is 7.09. The molecule has 0 aromatic heterocycles. The van der Waals surface area contributed by atoms with E-state index in [9.17, 15) is 0 Å². The van der Waals surface area contributed by atoms with Gasteiger partial charge in [0.2, 0.25) is 0 Å². The Bertz CT molecular complexity index is 696. The predicted molar refractivity (Wildman–Crippen MR) is 87.7 cm³/mol. The molecule has 0 aliphatic carbocycles. The molecule has 3 aromatic carbocycles. The van der Waals surface area contributed by atoms with Gasteiger partial charge in [0.1, 0.15) is 0 Å². The van der Waals surface area contributed by atoms with Crippen molar-refractivity contribution in [2.24, 2.45) is 0 Å². The second kappa shape index (κ2) is 5.38. The highest BCUT2D eigenvalue weighted by molar-refractivity contribution is 5.96. The molecule has 0 saturated carbocycles. The van der Waals surface area contributed by atoms with Crippen LogP contribution in [-0.2, 0) is 0 Å². The van der Waals surface area contributed by atoms with E-state index in [1.54, 1.807) is 0 Å². The average molecular weight is 261 g/mol. The Morgan fingerprint density at radius 3 is 2.10 bits per heavy atom. The molecule has 0 spiro atoms. The predicted octanol–water partition coefficient (Wildman–Crippen LogP) is 5.39. The molecule has 0 amide bonds. The number of nitrogens with zero attached hydrogens (tertiary/aromatic N) is 1. The number of fused-ring (bicyclic) bond motifs is 1. The molecule has 3 aromatic rings. The minimum atomic E-state index is 0.406. The largest absolute Gasteiger partial charge is 0.338 e. The molecular formula is C19H19N. The fourth-order valence-corrected chi connectivity index (χ4v) is 2.72. The molecule has 0 heterocycles. The van der Waals surface area contributed by atoms with Gasteiger partial charge in [-0.1, -0.05) is 54.6 Å². The maximum absolute atomic E-state index is 2.39. The van der Waals surface area contributed by atoms with Gasteiger partial charge in [-0.3, -0.25) is 0 Å². The minimum Gasteiger partial charge on any atom is -0.338 e. The summed E-state index contributed by atoms with van der Waals surface area (Å²) in [6.45, 7) is 4.46. The molecular weight excluding hydrogens is 242 g/mol. The van der Waals surface area contributed by atoms with Crippen LogP contribution in [0.2, 0.25) is 0 Å². The molecule has 0 radical (unpaired) electrons. The summed E-state index contributed by atoms with van der Waals surface area (Å²) in [5.41, 5.74) is 2.50. The molecule has 0 N–H and O–H groups in total. The van der Waals surface area contributed by atoms with E-state index in [1.807, 2.05) is 0 Å². The third-order valence-electron chi connectivity index (χ3n) is 3.58. The first-order chi connectivity index (χ1) is 9.77. The van der Waals surface area contributed by atoms with Crippen LogP contribution in [0.1, 0.15) is 13.8 Å². The van der Waals surface area contributed by atoms with E-state index < -0.39 is 0 Å². The molecule has 1 nitrogen and oxygen atoms in total. The van der Waals surface area contributed by atoms with Crippen LogP contribution >= 0.6 is 0 Å². The lowest BCUT2D eigenvalue weighted by molar-refractivity contribution is 0.791. The van der Waals surface area contributed by atoms with Gasteiger partial charge in [0, 0.05) is 22.8 Å². The summed E-state index contributed by atoms with van der Waals surface area (Å²) in [5, 5.41) is 2.58. The number of benzene rings is 3. The average Bonchev–Trinajstić information content (AvgIpc) is 2.48. The van der Waals surface area contributed by atoms with E-state index in [4.69, 9.17) is 0 Å². The van der Waals surface area contributed by atoms with E-state index in [0.717, 1.165) is 0 Å². The number of anilines is 2. The first-order valence-corrected chi connectivity index (χ1v) is 7.09. The maximum Gasteiger partial charge on any atom is 0.0492 e. The van der Waals surface area contributed by atoms with Crippen molar-refractivity contribution < 1.29 is 0 Å². The van der Waals surface area contributed by atoms with Crippen LogP contribution in [0.15, 0.2) is 72.8 Å². The molecule has 1 heteroatoms. The molecule has 20 heavy (non-hydrogen) atoms. The van der Waals surface area contributed by atoms with E-state index in [2.05, 4.69) is 91.5 Å². The molecule has 0 aliphatic rings. The summed E-state index contributed by atoms with van der Waals surface area (Å²) >= 11 is 0. The third kappa shape index (κ3) is 2.27. The van der Waals surface area contributed by atoms with Crippen molar-refractivity contribution in [2.75, 3.05) is 4.90 Å². The van der Waals surface area contributed by atoms with Gasteiger partial charge in [0.05, 0.1) is 0 Å². The van der Waals surface area contributed by atoms with Crippen LogP contribution in [-0.4, -0.2) is 6.04 Å². The molecule has 0 aliphatic heterocycles. The summed E-state index contributed by atoms with van der Waals surface area (Å²) < 4.78 is 0. The zero-order valence-corrected chi connectivity index (χ0v) is 12.0.